The van der Waals surface area contributed by atoms with Gasteiger partial charge < -0.3 is 14.2 Å². The van der Waals surface area contributed by atoms with Crippen LogP contribution in [-0.2, 0) is 23.8 Å². The van der Waals surface area contributed by atoms with E-state index in [-0.39, 0.29) is 38.0 Å². The van der Waals surface area contributed by atoms with E-state index in [0.29, 0.717) is 19.4 Å². The van der Waals surface area contributed by atoms with Crippen molar-refractivity contribution in [2.45, 2.75) is 219 Å². The van der Waals surface area contributed by atoms with Crippen molar-refractivity contribution in [2.24, 2.45) is 0 Å². The van der Waals surface area contributed by atoms with Gasteiger partial charge in [-0.1, -0.05) is 237 Å². The molecule has 0 radical (unpaired) electrons. The molecule has 1 atom stereocenters. The van der Waals surface area contributed by atoms with E-state index in [1.54, 1.807) is 0 Å². The number of carbonyl (C=O) groups is 2. The van der Waals surface area contributed by atoms with Crippen LogP contribution in [0.15, 0.2) is 158 Å². The highest BCUT2D eigenvalue weighted by molar-refractivity contribution is 5.70. The van der Waals surface area contributed by atoms with Crippen molar-refractivity contribution in [3.63, 3.8) is 0 Å². The van der Waals surface area contributed by atoms with Crippen molar-refractivity contribution in [3.05, 3.63) is 158 Å². The Labute approximate surface area is 431 Å². The van der Waals surface area contributed by atoms with Crippen molar-refractivity contribution in [3.8, 4) is 0 Å². The summed E-state index contributed by atoms with van der Waals surface area (Å²) in [4.78, 5) is 25.4. The molecule has 0 aromatic heterocycles. The zero-order chi connectivity index (χ0) is 50.6. The molecule has 0 amide bonds. The molecule has 5 heteroatoms. The molecule has 0 bridgehead atoms. The summed E-state index contributed by atoms with van der Waals surface area (Å²) < 4.78 is 17.3. The number of hydrogen-bond acceptors (Lipinski definition) is 5. The SMILES string of the molecule is CC/C=C\C/C=C\C/C=C\C/C=C\C/C=C\C/C=C\CCC(=O)OCC(COCCCCCCCC/C=C\CCCCCCCC)OC(=O)CC/C=C\C/C=C\C/C=C\C/C=C\C/C=C\C/C=C\CC. The fraction of sp³-hybridized carbons (Fsp3) is 0.569. The van der Waals surface area contributed by atoms with Gasteiger partial charge in [0, 0.05) is 19.4 Å². The van der Waals surface area contributed by atoms with E-state index in [1.807, 2.05) is 12.2 Å². The van der Waals surface area contributed by atoms with Crippen LogP contribution in [0.3, 0.4) is 0 Å². The molecule has 0 aromatic carbocycles. The van der Waals surface area contributed by atoms with Gasteiger partial charge in [0.15, 0.2) is 6.10 Å². The standard InChI is InChI=1S/C65H102O5/c1-4-7-10-13-16-19-22-25-28-31-33-35-37-40-43-46-49-52-55-58-64(66)69-62-63(61-68-60-57-54-51-48-45-42-39-30-27-24-21-18-15-12-9-6-3)70-65(67)59-56-53-50-47-44-41-38-36-34-32-29-26-23-20-17-14-11-8-5-2/h7-8,10-11,16-17,19-20,25-30,33-36,40-41,43-44,49-50,52-53,63H,4-6,9,12-15,18,21-24,31-32,37-39,42,45-48,51,54-62H2,1-3H3/b10-7-,11-8-,19-16-,20-17-,28-25-,29-26-,30-27-,35-33-,36-34-,43-40-,44-41-,52-49-,53-50-. The predicted molar refractivity (Wildman–Crippen MR) is 306 cm³/mol. The summed E-state index contributed by atoms with van der Waals surface area (Å²) in [6.07, 6.45) is 87.1. The first-order valence-corrected chi connectivity index (χ1v) is 28.0. The second-order valence-electron chi connectivity index (χ2n) is 17.7. The van der Waals surface area contributed by atoms with Crippen LogP contribution in [0.25, 0.3) is 0 Å². The van der Waals surface area contributed by atoms with E-state index >= 15 is 0 Å². The molecule has 0 aromatic rings. The minimum absolute atomic E-state index is 0.00163. The lowest BCUT2D eigenvalue weighted by Gasteiger charge is -2.18. The third-order valence-electron chi connectivity index (χ3n) is 11.1. The summed E-state index contributed by atoms with van der Waals surface area (Å²) in [5.41, 5.74) is 0. The van der Waals surface area contributed by atoms with Crippen LogP contribution >= 0.6 is 0 Å². The van der Waals surface area contributed by atoms with E-state index in [1.165, 1.54) is 77.0 Å². The smallest absolute Gasteiger partial charge is 0.306 e. The third-order valence-corrected chi connectivity index (χ3v) is 11.1. The maximum absolute atomic E-state index is 12.8. The molecule has 0 aliphatic heterocycles. The maximum Gasteiger partial charge on any atom is 0.306 e. The Morgan fingerprint density at radius 2 is 0.643 bits per heavy atom. The second kappa shape index (κ2) is 58.8. The Bertz CT molecular complexity index is 1560. The van der Waals surface area contributed by atoms with E-state index in [4.69, 9.17) is 14.2 Å². The zero-order valence-electron chi connectivity index (χ0n) is 45.0. The lowest BCUT2D eigenvalue weighted by Crippen LogP contribution is -2.30. The molecular formula is C65H102O5. The molecule has 392 valence electrons. The van der Waals surface area contributed by atoms with Gasteiger partial charge in [-0.05, 0) is 122 Å². The Kier molecular flexibility index (Phi) is 55.1. The molecule has 0 aliphatic rings. The molecule has 0 aliphatic carbocycles. The Morgan fingerprint density at radius 1 is 0.329 bits per heavy atom. The van der Waals surface area contributed by atoms with Gasteiger partial charge in [-0.2, -0.15) is 0 Å². The molecule has 0 rings (SSSR count). The van der Waals surface area contributed by atoms with Crippen LogP contribution in [0.2, 0.25) is 0 Å². The Hall–Kier alpha value is -4.48. The lowest BCUT2D eigenvalue weighted by molar-refractivity contribution is -0.162. The molecule has 5 nitrogen and oxygen atoms in total. The molecule has 0 spiro atoms. The largest absolute Gasteiger partial charge is 0.462 e. The Morgan fingerprint density at radius 3 is 1.03 bits per heavy atom. The fourth-order valence-electron chi connectivity index (χ4n) is 6.97. The lowest BCUT2D eigenvalue weighted by atomic mass is 10.1. The normalized spacial score (nSPS) is 13.5. The average Bonchev–Trinajstić information content (AvgIpc) is 3.36. The van der Waals surface area contributed by atoms with Crippen molar-refractivity contribution < 1.29 is 23.8 Å². The van der Waals surface area contributed by atoms with E-state index in [9.17, 15) is 9.59 Å². The zero-order valence-corrected chi connectivity index (χ0v) is 45.0. The molecule has 70 heavy (non-hydrogen) atoms. The summed E-state index contributed by atoms with van der Waals surface area (Å²) in [6.45, 7) is 7.40. The minimum Gasteiger partial charge on any atom is -0.462 e. The molecule has 1 unspecified atom stereocenters. The Balaban J connectivity index is 4.56. The number of hydrogen-bond donors (Lipinski definition) is 0. The first-order valence-electron chi connectivity index (χ1n) is 28.0. The van der Waals surface area contributed by atoms with E-state index in [0.717, 1.165) is 89.9 Å². The first kappa shape index (κ1) is 65.5. The third kappa shape index (κ3) is 56.1. The van der Waals surface area contributed by atoms with Crippen molar-refractivity contribution in [1.29, 1.82) is 0 Å². The topological polar surface area (TPSA) is 61.8 Å². The predicted octanol–water partition coefficient (Wildman–Crippen LogP) is 19.5. The van der Waals surface area contributed by atoms with Gasteiger partial charge in [-0.15, -0.1) is 0 Å². The maximum atomic E-state index is 12.8. The quantitative estimate of drug-likeness (QED) is 0.0345. The summed E-state index contributed by atoms with van der Waals surface area (Å²) in [6, 6.07) is 0. The number of carbonyl (C=O) groups excluding carboxylic acids is 2. The van der Waals surface area contributed by atoms with Gasteiger partial charge >= 0.3 is 11.9 Å². The fourth-order valence-corrected chi connectivity index (χ4v) is 6.97. The van der Waals surface area contributed by atoms with E-state index in [2.05, 4.69) is 167 Å². The number of esters is 2. The summed E-state index contributed by atoms with van der Waals surface area (Å²) in [5, 5.41) is 0. The van der Waals surface area contributed by atoms with Crippen LogP contribution < -0.4 is 0 Å². The van der Waals surface area contributed by atoms with Crippen LogP contribution in [0, 0.1) is 0 Å². The molecular weight excluding hydrogens is 861 g/mol. The molecule has 0 fully saturated rings. The first-order chi connectivity index (χ1) is 34.6. The van der Waals surface area contributed by atoms with Crippen LogP contribution in [0.4, 0.5) is 0 Å². The molecule has 0 heterocycles. The highest BCUT2D eigenvalue weighted by Gasteiger charge is 2.17. The summed E-state index contributed by atoms with van der Waals surface area (Å²) in [5.74, 6) is -0.605. The van der Waals surface area contributed by atoms with Crippen LogP contribution in [0.5, 0.6) is 0 Å². The van der Waals surface area contributed by atoms with Gasteiger partial charge in [0.25, 0.3) is 0 Å². The van der Waals surface area contributed by atoms with Gasteiger partial charge in [0.2, 0.25) is 0 Å². The van der Waals surface area contributed by atoms with Crippen molar-refractivity contribution in [2.75, 3.05) is 19.8 Å². The van der Waals surface area contributed by atoms with Gasteiger partial charge in [-0.25, -0.2) is 0 Å². The molecule has 0 saturated heterocycles. The number of rotatable bonds is 49. The number of allylic oxidation sites excluding steroid dienone is 26. The summed E-state index contributed by atoms with van der Waals surface area (Å²) >= 11 is 0. The van der Waals surface area contributed by atoms with Gasteiger partial charge in [0.1, 0.15) is 6.61 Å². The molecule has 0 saturated carbocycles. The van der Waals surface area contributed by atoms with E-state index < -0.39 is 6.10 Å². The molecule has 0 N–H and O–H groups in total. The monoisotopic (exact) mass is 963 g/mol. The van der Waals surface area contributed by atoms with Gasteiger partial charge in [-0.3, -0.25) is 9.59 Å². The average molecular weight is 964 g/mol. The van der Waals surface area contributed by atoms with Crippen LogP contribution in [-0.4, -0.2) is 37.9 Å². The minimum atomic E-state index is -0.623. The van der Waals surface area contributed by atoms with Crippen molar-refractivity contribution >= 4 is 11.9 Å². The summed E-state index contributed by atoms with van der Waals surface area (Å²) in [7, 11) is 0. The highest BCUT2D eigenvalue weighted by atomic mass is 16.6. The number of ether oxygens (including phenoxy) is 3. The number of unbranched alkanes of at least 4 members (excludes halogenated alkanes) is 12. The van der Waals surface area contributed by atoms with Gasteiger partial charge in [0.05, 0.1) is 6.61 Å². The highest BCUT2D eigenvalue weighted by Crippen LogP contribution is 2.11. The van der Waals surface area contributed by atoms with Crippen molar-refractivity contribution in [1.82, 2.24) is 0 Å². The second-order valence-corrected chi connectivity index (χ2v) is 17.7. The van der Waals surface area contributed by atoms with Crippen LogP contribution in [0.1, 0.15) is 213 Å².